The van der Waals surface area contributed by atoms with Crippen LogP contribution in [0.3, 0.4) is 0 Å². The van der Waals surface area contributed by atoms with Crippen LogP contribution in [0.2, 0.25) is 5.02 Å². The summed E-state index contributed by atoms with van der Waals surface area (Å²) in [6.07, 6.45) is 2.66. The normalized spacial score (nSPS) is 15.1. The second kappa shape index (κ2) is 5.51. The van der Waals surface area contributed by atoms with Gasteiger partial charge in [-0.1, -0.05) is 17.7 Å². The van der Waals surface area contributed by atoms with Crippen LogP contribution >= 0.6 is 11.6 Å². The van der Waals surface area contributed by atoms with Crippen LogP contribution in [0, 0.1) is 11.7 Å². The third-order valence-electron chi connectivity index (χ3n) is 2.58. The van der Waals surface area contributed by atoms with Crippen molar-refractivity contribution in [3.8, 4) is 5.75 Å². The predicted molar refractivity (Wildman–Crippen MR) is 62.5 cm³/mol. The minimum absolute atomic E-state index is 0.100. The molecule has 0 amide bonds. The Balaban J connectivity index is 1.69. The van der Waals surface area contributed by atoms with Crippen LogP contribution in [0.1, 0.15) is 12.8 Å². The van der Waals surface area contributed by atoms with Gasteiger partial charge in [0.25, 0.3) is 0 Å². The highest BCUT2D eigenvalue weighted by molar-refractivity contribution is 6.30. The Bertz CT molecular complexity index is 355. The highest BCUT2D eigenvalue weighted by atomic mass is 35.5. The number of hydrogen-bond acceptors (Lipinski definition) is 2. The molecule has 0 unspecified atom stereocenters. The lowest BCUT2D eigenvalue weighted by Gasteiger charge is -2.08. The van der Waals surface area contributed by atoms with Crippen LogP contribution in [0.25, 0.3) is 0 Å². The van der Waals surface area contributed by atoms with E-state index in [2.05, 4.69) is 5.32 Å². The Morgan fingerprint density at radius 3 is 3.00 bits per heavy atom. The van der Waals surface area contributed by atoms with Crippen LogP contribution in [0.15, 0.2) is 18.2 Å². The fourth-order valence-electron chi connectivity index (χ4n) is 1.46. The SMILES string of the molecule is Fc1c(Cl)cccc1OCCNCC1CC1. The molecule has 1 N–H and O–H groups in total. The first-order valence-corrected chi connectivity index (χ1v) is 5.92. The zero-order valence-electron chi connectivity index (χ0n) is 9.01. The molecule has 1 aliphatic rings. The van der Waals surface area contributed by atoms with Gasteiger partial charge in [0, 0.05) is 6.54 Å². The molecule has 1 aromatic rings. The monoisotopic (exact) mass is 243 g/mol. The summed E-state index contributed by atoms with van der Waals surface area (Å²) in [6, 6.07) is 4.77. The molecule has 0 aromatic heterocycles. The second-order valence-electron chi connectivity index (χ2n) is 4.05. The third kappa shape index (κ3) is 3.35. The zero-order valence-corrected chi connectivity index (χ0v) is 9.77. The first kappa shape index (κ1) is 11.7. The Morgan fingerprint density at radius 2 is 2.25 bits per heavy atom. The molecule has 2 nitrogen and oxygen atoms in total. The van der Waals surface area contributed by atoms with E-state index >= 15 is 0 Å². The second-order valence-corrected chi connectivity index (χ2v) is 4.46. The molecule has 0 bridgehead atoms. The summed E-state index contributed by atoms with van der Waals surface area (Å²) < 4.78 is 18.7. The molecule has 4 heteroatoms. The third-order valence-corrected chi connectivity index (χ3v) is 2.87. The number of hydrogen-bond donors (Lipinski definition) is 1. The molecule has 1 aliphatic carbocycles. The molecule has 0 atom stereocenters. The van der Waals surface area contributed by atoms with E-state index in [1.807, 2.05) is 0 Å². The van der Waals surface area contributed by atoms with Gasteiger partial charge in [-0.3, -0.25) is 0 Å². The van der Waals surface area contributed by atoms with Gasteiger partial charge < -0.3 is 10.1 Å². The molecular weight excluding hydrogens is 229 g/mol. The van der Waals surface area contributed by atoms with Gasteiger partial charge in [-0.2, -0.15) is 0 Å². The molecule has 1 fully saturated rings. The van der Waals surface area contributed by atoms with E-state index in [1.165, 1.54) is 18.9 Å². The Labute approximate surface area is 99.7 Å². The Morgan fingerprint density at radius 1 is 1.44 bits per heavy atom. The fraction of sp³-hybridized carbons (Fsp3) is 0.500. The van der Waals surface area contributed by atoms with Gasteiger partial charge >= 0.3 is 0 Å². The van der Waals surface area contributed by atoms with Gasteiger partial charge in [-0.25, -0.2) is 4.39 Å². The molecule has 0 radical (unpaired) electrons. The molecule has 0 spiro atoms. The van der Waals surface area contributed by atoms with Crippen molar-refractivity contribution in [2.24, 2.45) is 5.92 Å². The first-order chi connectivity index (χ1) is 7.77. The largest absolute Gasteiger partial charge is 0.489 e. The summed E-state index contributed by atoms with van der Waals surface area (Å²) in [5.74, 6) is 0.593. The van der Waals surface area contributed by atoms with Gasteiger partial charge in [0.2, 0.25) is 0 Å². The Hall–Kier alpha value is -0.800. The number of nitrogens with one attached hydrogen (secondary N) is 1. The maximum Gasteiger partial charge on any atom is 0.183 e. The predicted octanol–water partition coefficient (Wildman–Crippen LogP) is 2.86. The highest BCUT2D eigenvalue weighted by Crippen LogP contribution is 2.27. The Kier molecular flexibility index (Phi) is 4.02. The number of ether oxygens (including phenoxy) is 1. The molecule has 0 aliphatic heterocycles. The van der Waals surface area contributed by atoms with Gasteiger partial charge in [0.05, 0.1) is 5.02 Å². The maximum absolute atomic E-state index is 13.4. The van der Waals surface area contributed by atoms with Crippen molar-refractivity contribution in [3.63, 3.8) is 0 Å². The molecular formula is C12H15ClFNO. The molecule has 2 rings (SSSR count). The molecule has 1 aromatic carbocycles. The summed E-state index contributed by atoms with van der Waals surface area (Å²) >= 11 is 5.63. The van der Waals surface area contributed by atoms with Crippen LogP contribution in [-0.2, 0) is 0 Å². The van der Waals surface area contributed by atoms with E-state index in [-0.39, 0.29) is 10.8 Å². The molecule has 1 saturated carbocycles. The molecule has 16 heavy (non-hydrogen) atoms. The number of halogens is 2. The number of benzene rings is 1. The summed E-state index contributed by atoms with van der Waals surface area (Å²) in [4.78, 5) is 0. The van der Waals surface area contributed by atoms with Crippen molar-refractivity contribution in [2.75, 3.05) is 19.7 Å². The van der Waals surface area contributed by atoms with E-state index in [4.69, 9.17) is 16.3 Å². The standard InChI is InChI=1S/C12H15ClFNO/c13-10-2-1-3-11(12(10)14)16-7-6-15-8-9-4-5-9/h1-3,9,15H,4-8H2. The maximum atomic E-state index is 13.4. The number of rotatable bonds is 6. The van der Waals surface area contributed by atoms with Gasteiger partial charge in [-0.05, 0) is 37.4 Å². The van der Waals surface area contributed by atoms with E-state index in [1.54, 1.807) is 12.1 Å². The quantitative estimate of drug-likeness (QED) is 0.776. The highest BCUT2D eigenvalue weighted by Gasteiger charge is 2.19. The summed E-state index contributed by atoms with van der Waals surface area (Å²) in [5.41, 5.74) is 0. The van der Waals surface area contributed by atoms with Crippen molar-refractivity contribution in [1.29, 1.82) is 0 Å². The molecule has 0 saturated heterocycles. The fourth-order valence-corrected chi connectivity index (χ4v) is 1.62. The van der Waals surface area contributed by atoms with Crippen LogP contribution < -0.4 is 10.1 Å². The van der Waals surface area contributed by atoms with Gasteiger partial charge in [-0.15, -0.1) is 0 Å². The first-order valence-electron chi connectivity index (χ1n) is 5.55. The van der Waals surface area contributed by atoms with Crippen molar-refractivity contribution in [2.45, 2.75) is 12.8 Å². The van der Waals surface area contributed by atoms with Gasteiger partial charge in [0.1, 0.15) is 6.61 Å². The van der Waals surface area contributed by atoms with Crippen molar-refractivity contribution in [1.82, 2.24) is 5.32 Å². The minimum Gasteiger partial charge on any atom is -0.489 e. The van der Waals surface area contributed by atoms with E-state index in [0.717, 1.165) is 19.0 Å². The van der Waals surface area contributed by atoms with E-state index in [0.29, 0.717) is 6.61 Å². The van der Waals surface area contributed by atoms with Crippen LogP contribution in [-0.4, -0.2) is 19.7 Å². The molecule has 88 valence electrons. The van der Waals surface area contributed by atoms with E-state index in [9.17, 15) is 4.39 Å². The van der Waals surface area contributed by atoms with Crippen molar-refractivity contribution in [3.05, 3.63) is 29.0 Å². The van der Waals surface area contributed by atoms with Crippen molar-refractivity contribution >= 4 is 11.6 Å². The lowest BCUT2D eigenvalue weighted by atomic mass is 10.3. The minimum atomic E-state index is -0.480. The van der Waals surface area contributed by atoms with Crippen LogP contribution in [0.4, 0.5) is 4.39 Å². The van der Waals surface area contributed by atoms with Gasteiger partial charge in [0.15, 0.2) is 11.6 Å². The molecule has 0 heterocycles. The van der Waals surface area contributed by atoms with E-state index < -0.39 is 5.82 Å². The lowest BCUT2D eigenvalue weighted by molar-refractivity contribution is 0.298. The summed E-state index contributed by atoms with van der Waals surface area (Å²) in [6.45, 7) is 2.24. The lowest BCUT2D eigenvalue weighted by Crippen LogP contribution is -2.23. The van der Waals surface area contributed by atoms with Crippen molar-refractivity contribution < 1.29 is 9.13 Å². The summed E-state index contributed by atoms with van der Waals surface area (Å²) in [7, 11) is 0. The summed E-state index contributed by atoms with van der Waals surface area (Å²) in [5, 5.41) is 3.37. The van der Waals surface area contributed by atoms with Crippen LogP contribution in [0.5, 0.6) is 5.75 Å². The topological polar surface area (TPSA) is 21.3 Å². The zero-order chi connectivity index (χ0) is 11.4. The average molecular weight is 244 g/mol. The smallest absolute Gasteiger partial charge is 0.183 e. The average Bonchev–Trinajstić information content (AvgIpc) is 3.07.